The Bertz CT molecular complexity index is 298. The summed E-state index contributed by atoms with van der Waals surface area (Å²) >= 11 is 3.24. The number of ketones is 1. The van der Waals surface area contributed by atoms with Gasteiger partial charge in [-0.05, 0) is 22.9 Å². The lowest BCUT2D eigenvalue weighted by atomic mass is 10.4. The lowest BCUT2D eigenvalue weighted by Crippen LogP contribution is -2.01. The molecule has 0 aliphatic rings. The number of aryl methyl sites for hydroxylation is 1. The van der Waals surface area contributed by atoms with Crippen LogP contribution in [0.2, 0.25) is 0 Å². The molecular formula is C7H7BrN2O. The lowest BCUT2D eigenvalue weighted by Gasteiger charge is -1.97. The SMILES string of the molecule is CC(=O)c1ncc(Br)c(C)n1. The van der Waals surface area contributed by atoms with Gasteiger partial charge in [0.25, 0.3) is 0 Å². The molecule has 1 heterocycles. The third-order valence-corrected chi connectivity index (χ3v) is 2.01. The minimum absolute atomic E-state index is 0.111. The maximum Gasteiger partial charge on any atom is 0.196 e. The molecule has 0 aliphatic heterocycles. The fourth-order valence-corrected chi connectivity index (χ4v) is 0.813. The first-order valence-electron chi connectivity index (χ1n) is 3.11. The van der Waals surface area contributed by atoms with Gasteiger partial charge in [0, 0.05) is 13.1 Å². The quantitative estimate of drug-likeness (QED) is 0.670. The standard InChI is InChI=1S/C7H7BrN2O/c1-4-6(8)3-9-7(10-4)5(2)11/h3H,1-2H3. The van der Waals surface area contributed by atoms with Crippen LogP contribution < -0.4 is 0 Å². The normalized spacial score (nSPS) is 9.73. The molecule has 0 N–H and O–H groups in total. The first-order valence-corrected chi connectivity index (χ1v) is 3.90. The van der Waals surface area contributed by atoms with E-state index in [0.717, 1.165) is 10.2 Å². The molecule has 0 unspecified atom stereocenters. The molecule has 0 amide bonds. The molecule has 58 valence electrons. The number of carbonyl (C=O) groups is 1. The van der Waals surface area contributed by atoms with E-state index in [1.807, 2.05) is 6.92 Å². The Morgan fingerprint density at radius 2 is 2.27 bits per heavy atom. The van der Waals surface area contributed by atoms with E-state index in [1.165, 1.54) is 6.92 Å². The molecule has 0 aliphatic carbocycles. The highest BCUT2D eigenvalue weighted by atomic mass is 79.9. The number of halogens is 1. The highest BCUT2D eigenvalue weighted by Crippen LogP contribution is 2.11. The van der Waals surface area contributed by atoms with Crippen molar-refractivity contribution in [1.82, 2.24) is 9.97 Å². The summed E-state index contributed by atoms with van der Waals surface area (Å²) in [6.45, 7) is 3.26. The number of Topliss-reactive ketones (excluding diaryl/α,β-unsaturated/α-hetero) is 1. The molecule has 4 heteroatoms. The van der Waals surface area contributed by atoms with Gasteiger partial charge in [-0.15, -0.1) is 0 Å². The molecule has 11 heavy (non-hydrogen) atoms. The predicted molar refractivity (Wildman–Crippen MR) is 44.5 cm³/mol. The molecule has 0 saturated heterocycles. The molecule has 1 rings (SSSR count). The average molecular weight is 215 g/mol. The first kappa shape index (κ1) is 8.33. The molecule has 1 aromatic heterocycles. The van der Waals surface area contributed by atoms with Gasteiger partial charge < -0.3 is 0 Å². The molecule has 0 atom stereocenters. The first-order chi connectivity index (χ1) is 5.11. The van der Waals surface area contributed by atoms with Crippen LogP contribution >= 0.6 is 15.9 Å². The van der Waals surface area contributed by atoms with Gasteiger partial charge in [-0.1, -0.05) is 0 Å². The Balaban J connectivity index is 3.15. The van der Waals surface area contributed by atoms with Crippen LogP contribution in [0, 0.1) is 6.92 Å². The number of hydrogen-bond donors (Lipinski definition) is 0. The fraction of sp³-hybridized carbons (Fsp3) is 0.286. The average Bonchev–Trinajstić information content (AvgIpc) is 1.94. The molecule has 0 spiro atoms. The van der Waals surface area contributed by atoms with E-state index in [1.54, 1.807) is 6.20 Å². The summed E-state index contributed by atoms with van der Waals surface area (Å²) in [7, 11) is 0. The molecule has 0 fully saturated rings. The molecule has 0 saturated carbocycles. The smallest absolute Gasteiger partial charge is 0.196 e. The molecule has 0 aromatic carbocycles. The minimum atomic E-state index is -0.111. The van der Waals surface area contributed by atoms with Crippen LogP contribution in [0.3, 0.4) is 0 Å². The van der Waals surface area contributed by atoms with Crippen LogP contribution in [0.15, 0.2) is 10.7 Å². The highest BCUT2D eigenvalue weighted by Gasteiger charge is 2.03. The van der Waals surface area contributed by atoms with Crippen LogP contribution in [0.1, 0.15) is 23.2 Å². The van der Waals surface area contributed by atoms with Gasteiger partial charge in [0.1, 0.15) is 0 Å². The van der Waals surface area contributed by atoms with E-state index in [-0.39, 0.29) is 11.6 Å². The molecule has 0 bridgehead atoms. The van der Waals surface area contributed by atoms with Crippen molar-refractivity contribution in [1.29, 1.82) is 0 Å². The van der Waals surface area contributed by atoms with Crippen molar-refractivity contribution in [3.8, 4) is 0 Å². The summed E-state index contributed by atoms with van der Waals surface area (Å²) in [6.07, 6.45) is 1.58. The van der Waals surface area contributed by atoms with Crippen molar-refractivity contribution in [2.24, 2.45) is 0 Å². The van der Waals surface area contributed by atoms with Crippen LogP contribution in [-0.4, -0.2) is 15.8 Å². The molecule has 0 radical (unpaired) electrons. The molecule has 3 nitrogen and oxygen atoms in total. The van der Waals surface area contributed by atoms with E-state index < -0.39 is 0 Å². The second kappa shape index (κ2) is 3.09. The lowest BCUT2D eigenvalue weighted by molar-refractivity contribution is 0.100. The topological polar surface area (TPSA) is 42.9 Å². The van der Waals surface area contributed by atoms with Crippen LogP contribution in [0.4, 0.5) is 0 Å². The Labute approximate surface area is 73.0 Å². The highest BCUT2D eigenvalue weighted by molar-refractivity contribution is 9.10. The predicted octanol–water partition coefficient (Wildman–Crippen LogP) is 1.75. The zero-order valence-corrected chi connectivity index (χ0v) is 7.84. The van der Waals surface area contributed by atoms with Gasteiger partial charge in [-0.3, -0.25) is 4.79 Å². The van der Waals surface area contributed by atoms with Gasteiger partial charge in [0.2, 0.25) is 0 Å². The third kappa shape index (κ3) is 1.83. The Morgan fingerprint density at radius 3 is 2.73 bits per heavy atom. The van der Waals surface area contributed by atoms with Crippen molar-refractivity contribution in [3.05, 3.63) is 22.2 Å². The zero-order valence-electron chi connectivity index (χ0n) is 6.26. The maximum absolute atomic E-state index is 10.8. The Hall–Kier alpha value is -0.770. The molecular weight excluding hydrogens is 208 g/mol. The summed E-state index contributed by atoms with van der Waals surface area (Å²) in [5.41, 5.74) is 0.783. The number of aromatic nitrogens is 2. The van der Waals surface area contributed by atoms with E-state index in [2.05, 4.69) is 25.9 Å². The Kier molecular flexibility index (Phi) is 2.34. The summed E-state index contributed by atoms with van der Waals surface area (Å²) in [6, 6.07) is 0. The van der Waals surface area contributed by atoms with E-state index >= 15 is 0 Å². The Morgan fingerprint density at radius 1 is 1.64 bits per heavy atom. The van der Waals surface area contributed by atoms with Gasteiger partial charge in [-0.25, -0.2) is 9.97 Å². The van der Waals surface area contributed by atoms with Crippen molar-refractivity contribution in [2.75, 3.05) is 0 Å². The van der Waals surface area contributed by atoms with Crippen LogP contribution in [0.25, 0.3) is 0 Å². The van der Waals surface area contributed by atoms with Crippen LogP contribution in [-0.2, 0) is 0 Å². The van der Waals surface area contributed by atoms with Crippen molar-refractivity contribution in [3.63, 3.8) is 0 Å². The van der Waals surface area contributed by atoms with E-state index in [9.17, 15) is 4.79 Å². The van der Waals surface area contributed by atoms with Crippen molar-refractivity contribution in [2.45, 2.75) is 13.8 Å². The van der Waals surface area contributed by atoms with E-state index in [0.29, 0.717) is 0 Å². The number of nitrogens with zero attached hydrogens (tertiary/aromatic N) is 2. The second-order valence-electron chi connectivity index (χ2n) is 2.18. The van der Waals surface area contributed by atoms with Gasteiger partial charge in [0.05, 0.1) is 10.2 Å². The minimum Gasteiger partial charge on any atom is -0.291 e. The summed E-state index contributed by atoms with van der Waals surface area (Å²) in [5.74, 6) is 0.159. The number of hydrogen-bond acceptors (Lipinski definition) is 3. The number of carbonyl (C=O) groups excluding carboxylic acids is 1. The second-order valence-corrected chi connectivity index (χ2v) is 3.04. The maximum atomic E-state index is 10.8. The fourth-order valence-electron chi connectivity index (χ4n) is 0.622. The van der Waals surface area contributed by atoms with Crippen molar-refractivity contribution >= 4 is 21.7 Å². The largest absolute Gasteiger partial charge is 0.291 e. The van der Waals surface area contributed by atoms with Crippen LogP contribution in [0.5, 0.6) is 0 Å². The monoisotopic (exact) mass is 214 g/mol. The zero-order chi connectivity index (χ0) is 8.43. The summed E-state index contributed by atoms with van der Waals surface area (Å²) < 4.78 is 0.822. The van der Waals surface area contributed by atoms with Gasteiger partial charge >= 0.3 is 0 Å². The third-order valence-electron chi connectivity index (χ3n) is 1.23. The summed E-state index contributed by atoms with van der Waals surface area (Å²) in [5, 5.41) is 0. The molecule has 1 aromatic rings. The van der Waals surface area contributed by atoms with E-state index in [4.69, 9.17) is 0 Å². The van der Waals surface area contributed by atoms with Gasteiger partial charge in [0.15, 0.2) is 11.6 Å². The van der Waals surface area contributed by atoms with Gasteiger partial charge in [-0.2, -0.15) is 0 Å². The van der Waals surface area contributed by atoms with Crippen molar-refractivity contribution < 1.29 is 4.79 Å². The summed E-state index contributed by atoms with van der Waals surface area (Å²) in [4.78, 5) is 18.6. The number of rotatable bonds is 1.